The van der Waals surface area contributed by atoms with Gasteiger partial charge < -0.3 is 15.0 Å². The molecule has 0 unspecified atom stereocenters. The van der Waals surface area contributed by atoms with Crippen LogP contribution in [0.25, 0.3) is 0 Å². The molecule has 0 saturated carbocycles. The number of hydrogen-bond acceptors (Lipinski definition) is 5. The number of benzene rings is 3. The molecular formula is C30H36BrN3O5S. The Labute approximate surface area is 245 Å². The molecule has 0 aliphatic carbocycles. The molecule has 0 aliphatic rings. The minimum absolute atomic E-state index is 0.0372. The first kappa shape index (κ1) is 31.2. The summed E-state index contributed by atoms with van der Waals surface area (Å²) < 4.78 is 35.5. The highest BCUT2D eigenvalue weighted by atomic mass is 79.9. The third-order valence-electron chi connectivity index (χ3n) is 6.45. The summed E-state index contributed by atoms with van der Waals surface area (Å²) in [5.74, 6) is -0.513. The molecule has 1 N–H and O–H groups in total. The first-order valence-corrected chi connectivity index (χ1v) is 15.5. The summed E-state index contributed by atoms with van der Waals surface area (Å²) in [6.07, 6.45) is 0.731. The van der Waals surface area contributed by atoms with Crippen molar-refractivity contribution in [3.05, 3.63) is 88.9 Å². The van der Waals surface area contributed by atoms with Gasteiger partial charge >= 0.3 is 0 Å². The number of amides is 2. The molecule has 2 atom stereocenters. The van der Waals surface area contributed by atoms with Gasteiger partial charge in [0, 0.05) is 17.1 Å². The average Bonchev–Trinajstić information content (AvgIpc) is 2.95. The predicted octanol–water partition coefficient (Wildman–Crippen LogP) is 5.38. The van der Waals surface area contributed by atoms with Crippen LogP contribution in [-0.4, -0.2) is 50.4 Å². The number of ether oxygens (including phenoxy) is 1. The van der Waals surface area contributed by atoms with Crippen molar-refractivity contribution in [2.45, 2.75) is 57.6 Å². The fraction of sp³-hybridized carbons (Fsp3) is 0.333. The van der Waals surface area contributed by atoms with Crippen LogP contribution < -0.4 is 14.4 Å². The van der Waals surface area contributed by atoms with Gasteiger partial charge in [-0.2, -0.15) is 0 Å². The molecule has 40 heavy (non-hydrogen) atoms. The van der Waals surface area contributed by atoms with Crippen molar-refractivity contribution < 1.29 is 22.7 Å². The van der Waals surface area contributed by atoms with Gasteiger partial charge in [-0.3, -0.25) is 13.9 Å². The zero-order valence-electron chi connectivity index (χ0n) is 23.2. The third-order valence-corrected chi connectivity index (χ3v) is 8.72. The van der Waals surface area contributed by atoms with E-state index in [0.717, 1.165) is 20.8 Å². The van der Waals surface area contributed by atoms with Gasteiger partial charge in [0.15, 0.2) is 0 Å². The van der Waals surface area contributed by atoms with Crippen molar-refractivity contribution in [2.75, 3.05) is 17.5 Å². The van der Waals surface area contributed by atoms with Gasteiger partial charge in [-0.05, 0) is 69.2 Å². The summed E-state index contributed by atoms with van der Waals surface area (Å²) in [6.45, 7) is 7.20. The second kappa shape index (κ2) is 14.3. The maximum absolute atomic E-state index is 14.1. The zero-order chi connectivity index (χ0) is 29.3. The molecule has 3 rings (SSSR count). The van der Waals surface area contributed by atoms with Crippen LogP contribution in [0, 0.1) is 0 Å². The summed E-state index contributed by atoms with van der Waals surface area (Å²) in [6, 6.07) is 21.1. The van der Waals surface area contributed by atoms with E-state index in [1.54, 1.807) is 56.3 Å². The number of carbonyl (C=O) groups is 2. The van der Waals surface area contributed by atoms with Crippen molar-refractivity contribution in [1.29, 1.82) is 0 Å². The van der Waals surface area contributed by atoms with Crippen LogP contribution in [0.5, 0.6) is 5.75 Å². The zero-order valence-corrected chi connectivity index (χ0v) is 25.6. The van der Waals surface area contributed by atoms with Crippen LogP contribution in [0.2, 0.25) is 0 Å². The molecule has 3 aromatic carbocycles. The first-order chi connectivity index (χ1) is 19.1. The lowest BCUT2D eigenvalue weighted by Gasteiger charge is -2.33. The number of para-hydroxylation sites is 2. The van der Waals surface area contributed by atoms with Crippen LogP contribution in [0.1, 0.15) is 39.7 Å². The van der Waals surface area contributed by atoms with Crippen LogP contribution in [-0.2, 0) is 26.2 Å². The Bertz CT molecular complexity index is 1400. The molecule has 0 spiro atoms. The molecule has 8 nitrogen and oxygen atoms in total. The quantitative estimate of drug-likeness (QED) is 0.274. The van der Waals surface area contributed by atoms with Crippen LogP contribution in [0.4, 0.5) is 5.69 Å². The molecule has 0 fully saturated rings. The lowest BCUT2D eigenvalue weighted by atomic mass is 10.1. The van der Waals surface area contributed by atoms with E-state index in [4.69, 9.17) is 4.74 Å². The van der Waals surface area contributed by atoms with E-state index in [1.165, 1.54) is 17.0 Å². The van der Waals surface area contributed by atoms with Gasteiger partial charge in [0.2, 0.25) is 11.8 Å². The monoisotopic (exact) mass is 629 g/mol. The summed E-state index contributed by atoms with van der Waals surface area (Å²) >= 11 is 3.46. The Kier molecular flexibility index (Phi) is 11.2. The topological polar surface area (TPSA) is 96.0 Å². The van der Waals surface area contributed by atoms with E-state index < -0.39 is 28.5 Å². The van der Waals surface area contributed by atoms with E-state index in [2.05, 4.69) is 21.2 Å². The highest BCUT2D eigenvalue weighted by molar-refractivity contribution is 9.10. The summed E-state index contributed by atoms with van der Waals surface area (Å²) in [5.41, 5.74) is 1.03. The lowest BCUT2D eigenvalue weighted by Crippen LogP contribution is -2.52. The summed E-state index contributed by atoms with van der Waals surface area (Å²) in [5, 5.41) is 2.93. The van der Waals surface area contributed by atoms with Crippen LogP contribution >= 0.6 is 15.9 Å². The molecule has 0 aliphatic heterocycles. The molecule has 0 radical (unpaired) electrons. The number of rotatable bonds is 13. The van der Waals surface area contributed by atoms with E-state index in [0.29, 0.717) is 12.4 Å². The normalized spacial score (nSPS) is 12.7. The molecule has 10 heteroatoms. The molecule has 214 valence electrons. The van der Waals surface area contributed by atoms with Gasteiger partial charge in [-0.1, -0.05) is 65.3 Å². The number of sulfonamides is 1. The van der Waals surface area contributed by atoms with Crippen molar-refractivity contribution in [2.24, 2.45) is 0 Å². The Balaban J connectivity index is 2.06. The highest BCUT2D eigenvalue weighted by Gasteiger charge is 2.34. The van der Waals surface area contributed by atoms with Gasteiger partial charge in [0.05, 0.1) is 17.2 Å². The lowest BCUT2D eigenvalue weighted by molar-refractivity contribution is -0.139. The van der Waals surface area contributed by atoms with E-state index in [1.807, 2.05) is 38.1 Å². The predicted molar refractivity (Wildman–Crippen MR) is 161 cm³/mol. The minimum atomic E-state index is -4.17. The second-order valence-corrected chi connectivity index (χ2v) is 12.1. The van der Waals surface area contributed by atoms with Crippen molar-refractivity contribution in [1.82, 2.24) is 10.2 Å². The van der Waals surface area contributed by atoms with Gasteiger partial charge in [0.1, 0.15) is 18.3 Å². The molecule has 2 amide bonds. The second-order valence-electron chi connectivity index (χ2n) is 9.37. The molecule has 0 saturated heterocycles. The number of halogens is 1. The fourth-order valence-electron chi connectivity index (χ4n) is 4.05. The number of carbonyl (C=O) groups excluding carboxylic acids is 2. The summed E-state index contributed by atoms with van der Waals surface area (Å²) in [4.78, 5) is 28.7. The maximum atomic E-state index is 14.1. The molecule has 3 aromatic rings. The maximum Gasteiger partial charge on any atom is 0.264 e. The Morgan fingerprint density at radius 3 is 2.27 bits per heavy atom. The fourth-order valence-corrected chi connectivity index (χ4v) is 5.95. The van der Waals surface area contributed by atoms with Gasteiger partial charge in [-0.25, -0.2) is 8.42 Å². The number of hydrogen-bond donors (Lipinski definition) is 1. The van der Waals surface area contributed by atoms with E-state index in [-0.39, 0.29) is 29.1 Å². The Morgan fingerprint density at radius 2 is 1.62 bits per heavy atom. The summed E-state index contributed by atoms with van der Waals surface area (Å²) in [7, 11) is -4.17. The molecule has 0 aromatic heterocycles. The van der Waals surface area contributed by atoms with Gasteiger partial charge in [0.25, 0.3) is 10.0 Å². The number of anilines is 1. The van der Waals surface area contributed by atoms with Gasteiger partial charge in [-0.15, -0.1) is 0 Å². The molecule has 0 heterocycles. The largest absolute Gasteiger partial charge is 0.492 e. The van der Waals surface area contributed by atoms with Crippen LogP contribution in [0.15, 0.2) is 88.2 Å². The minimum Gasteiger partial charge on any atom is -0.492 e. The van der Waals surface area contributed by atoms with Crippen molar-refractivity contribution >= 4 is 43.5 Å². The molecular weight excluding hydrogens is 594 g/mol. The Hall–Kier alpha value is -3.37. The Morgan fingerprint density at radius 1 is 0.950 bits per heavy atom. The average molecular weight is 631 g/mol. The third kappa shape index (κ3) is 7.85. The first-order valence-electron chi connectivity index (χ1n) is 13.2. The van der Waals surface area contributed by atoms with Crippen molar-refractivity contribution in [3.63, 3.8) is 0 Å². The van der Waals surface area contributed by atoms with Crippen molar-refractivity contribution in [3.8, 4) is 5.75 Å². The smallest absolute Gasteiger partial charge is 0.264 e. The van der Waals surface area contributed by atoms with Crippen LogP contribution in [0.3, 0.4) is 0 Å². The van der Waals surface area contributed by atoms with E-state index >= 15 is 0 Å². The number of nitrogens with one attached hydrogen (secondary N) is 1. The standard InChI is InChI=1S/C30H36BrN3O5S/c1-5-22(3)32-30(36)23(4)33(20-24-13-12-14-25(31)19-24)29(35)21-34(27-17-10-11-18-28(27)39-6-2)40(37,38)26-15-8-7-9-16-26/h7-19,22-23H,5-6,20-21H2,1-4H3,(H,32,36)/t22-,23-/m0/s1. The van der Waals surface area contributed by atoms with E-state index in [9.17, 15) is 18.0 Å². The highest BCUT2D eigenvalue weighted by Crippen LogP contribution is 2.33. The number of nitrogens with zero attached hydrogens (tertiary/aromatic N) is 2. The SMILES string of the molecule is CCOc1ccccc1N(CC(=O)N(Cc1cccc(Br)c1)[C@@H](C)C(=O)N[C@@H](C)CC)S(=O)(=O)c1ccccc1. The molecule has 0 bridgehead atoms.